The first-order valence-electron chi connectivity index (χ1n) is 18.7. The molecule has 0 aliphatic rings. The fraction of sp³-hybridized carbons (Fsp3) is 0. The summed E-state index contributed by atoms with van der Waals surface area (Å²) >= 11 is 0. The average Bonchev–Trinajstić information content (AvgIpc) is 3.91. The zero-order valence-electron chi connectivity index (χ0n) is 30.3. The normalized spacial score (nSPS) is 11.5. The molecule has 0 radical (unpaired) electrons. The molecule has 8 aromatic carbocycles. The van der Waals surface area contributed by atoms with E-state index in [1.54, 1.807) is 0 Å². The molecule has 3 aromatic heterocycles. The number of hydrogen-bond acceptors (Lipinski definition) is 3. The molecular weight excluding hydrogens is 697 g/mol. The van der Waals surface area contributed by atoms with Crippen molar-refractivity contribution >= 4 is 65.4 Å². The van der Waals surface area contributed by atoms with E-state index in [-0.39, 0.29) is 0 Å². The van der Waals surface area contributed by atoms with Crippen molar-refractivity contribution in [1.29, 1.82) is 15.8 Å². The molecule has 0 saturated heterocycles. The fourth-order valence-corrected chi connectivity index (χ4v) is 9.01. The molecule has 0 fully saturated rings. The summed E-state index contributed by atoms with van der Waals surface area (Å²) in [4.78, 5) is 0. The Labute approximate surface area is 326 Å². The standard InChI is InChI=1S/C51H28N6/c52-29-32-23-25-47-41(27-32)42-28-33(30-53)24-26-48(42)56(47)49-22-10-17-40-38-15-4-8-21-46(38)57(51(40)49)50-34(31-54)11-9-16-39(50)37-14-3-7-20-45(37)55-43-18-5-1-12-35(43)36-13-2-6-19-44(36)55/h1-28H. The first-order chi connectivity index (χ1) is 28.2. The molecule has 57 heavy (non-hydrogen) atoms. The van der Waals surface area contributed by atoms with Gasteiger partial charge in [-0.1, -0.05) is 97.1 Å². The molecular formula is C51H28N6. The molecule has 0 N–H and O–H groups in total. The molecule has 6 heteroatoms. The van der Waals surface area contributed by atoms with Gasteiger partial charge < -0.3 is 13.7 Å². The summed E-state index contributed by atoms with van der Waals surface area (Å²) in [6.07, 6.45) is 0. The Bertz CT molecular complexity index is 3500. The SMILES string of the molecule is N#Cc1ccc2c(c1)c1cc(C#N)ccc1n2-c1cccc2c3ccccc3n(-c3c(C#N)cccc3-c3ccccc3-n3c4ccccc4c4ccccc43)c12. The Kier molecular flexibility index (Phi) is 6.95. The number of benzene rings is 8. The number of rotatable bonds is 4. The van der Waals surface area contributed by atoms with Crippen LogP contribution >= 0.6 is 0 Å². The van der Waals surface area contributed by atoms with Gasteiger partial charge in [0, 0.05) is 43.4 Å². The summed E-state index contributed by atoms with van der Waals surface area (Å²) < 4.78 is 6.83. The molecule has 0 spiro atoms. The second-order valence-electron chi connectivity index (χ2n) is 14.2. The second-order valence-corrected chi connectivity index (χ2v) is 14.2. The van der Waals surface area contributed by atoms with Crippen LogP contribution in [0.2, 0.25) is 0 Å². The maximum absolute atomic E-state index is 11.0. The van der Waals surface area contributed by atoms with Crippen molar-refractivity contribution in [2.75, 3.05) is 0 Å². The van der Waals surface area contributed by atoms with E-state index in [1.165, 1.54) is 10.8 Å². The van der Waals surface area contributed by atoms with Gasteiger partial charge in [0.1, 0.15) is 6.07 Å². The Hall–Kier alpha value is -8.37. The number of aromatic nitrogens is 3. The molecule has 11 aromatic rings. The van der Waals surface area contributed by atoms with E-state index in [1.807, 2.05) is 54.6 Å². The fourth-order valence-electron chi connectivity index (χ4n) is 9.01. The summed E-state index contributed by atoms with van der Waals surface area (Å²) in [5, 5.41) is 37.0. The Morgan fingerprint density at radius 1 is 0.333 bits per heavy atom. The van der Waals surface area contributed by atoms with Crippen LogP contribution in [0.25, 0.3) is 93.6 Å². The average molecular weight is 725 g/mol. The van der Waals surface area contributed by atoms with Crippen molar-refractivity contribution in [3.8, 4) is 46.4 Å². The highest BCUT2D eigenvalue weighted by molar-refractivity contribution is 6.16. The summed E-state index contributed by atoms with van der Waals surface area (Å²) in [5.41, 5.74) is 12.2. The topological polar surface area (TPSA) is 86.2 Å². The zero-order valence-corrected chi connectivity index (χ0v) is 30.3. The molecule has 0 bridgehead atoms. The van der Waals surface area contributed by atoms with Gasteiger partial charge >= 0.3 is 0 Å². The van der Waals surface area contributed by atoms with Crippen LogP contribution in [0.5, 0.6) is 0 Å². The number of para-hydroxylation sites is 6. The minimum Gasteiger partial charge on any atom is -0.309 e. The molecule has 3 heterocycles. The van der Waals surface area contributed by atoms with Gasteiger partial charge in [-0.25, -0.2) is 0 Å². The number of nitriles is 3. The van der Waals surface area contributed by atoms with E-state index in [4.69, 9.17) is 0 Å². The second kappa shape index (κ2) is 12.3. The third kappa shape index (κ3) is 4.55. The van der Waals surface area contributed by atoms with Gasteiger partial charge in [-0.15, -0.1) is 0 Å². The highest BCUT2D eigenvalue weighted by Gasteiger charge is 2.25. The van der Waals surface area contributed by atoms with Gasteiger partial charge in [0.2, 0.25) is 0 Å². The van der Waals surface area contributed by atoms with Crippen molar-refractivity contribution in [1.82, 2.24) is 13.7 Å². The van der Waals surface area contributed by atoms with Crippen LogP contribution in [0.15, 0.2) is 170 Å². The van der Waals surface area contributed by atoms with E-state index < -0.39 is 0 Å². The maximum Gasteiger partial charge on any atom is 0.101 e. The molecule has 6 nitrogen and oxygen atoms in total. The molecule has 11 rings (SSSR count). The smallest absolute Gasteiger partial charge is 0.101 e. The Morgan fingerprint density at radius 2 is 0.789 bits per heavy atom. The molecule has 0 aliphatic carbocycles. The summed E-state index contributed by atoms with van der Waals surface area (Å²) in [6.45, 7) is 0. The van der Waals surface area contributed by atoms with E-state index in [0.717, 1.165) is 82.8 Å². The summed E-state index contributed by atoms with van der Waals surface area (Å²) in [6, 6.07) is 64.8. The summed E-state index contributed by atoms with van der Waals surface area (Å²) in [5.74, 6) is 0. The molecule has 0 saturated carbocycles. The highest BCUT2D eigenvalue weighted by atomic mass is 15.1. The van der Waals surface area contributed by atoms with Crippen molar-refractivity contribution in [2.45, 2.75) is 0 Å². The monoisotopic (exact) mass is 724 g/mol. The first kappa shape index (κ1) is 32.1. The minimum atomic E-state index is 0.543. The lowest BCUT2D eigenvalue weighted by Gasteiger charge is -2.20. The van der Waals surface area contributed by atoms with Crippen molar-refractivity contribution in [3.05, 3.63) is 187 Å². The van der Waals surface area contributed by atoms with Crippen molar-refractivity contribution in [3.63, 3.8) is 0 Å². The van der Waals surface area contributed by atoms with E-state index in [9.17, 15) is 15.8 Å². The minimum absolute atomic E-state index is 0.543. The Balaban J connectivity index is 1.28. The number of hydrogen-bond donors (Lipinski definition) is 0. The lowest BCUT2D eigenvalue weighted by Crippen LogP contribution is -2.05. The quantitative estimate of drug-likeness (QED) is 0.181. The predicted molar refractivity (Wildman–Crippen MR) is 229 cm³/mol. The lowest BCUT2D eigenvalue weighted by molar-refractivity contribution is 1.12. The molecule has 0 atom stereocenters. The van der Waals surface area contributed by atoms with Gasteiger partial charge in [-0.2, -0.15) is 15.8 Å². The van der Waals surface area contributed by atoms with Crippen LogP contribution in [0.3, 0.4) is 0 Å². The number of fused-ring (bicyclic) bond motifs is 9. The Morgan fingerprint density at radius 3 is 1.40 bits per heavy atom. The third-order valence-corrected chi connectivity index (χ3v) is 11.3. The molecule has 0 aliphatic heterocycles. The highest BCUT2D eigenvalue weighted by Crippen LogP contribution is 2.44. The van der Waals surface area contributed by atoms with Crippen LogP contribution in [0, 0.1) is 34.0 Å². The van der Waals surface area contributed by atoms with Crippen LogP contribution in [0.4, 0.5) is 0 Å². The zero-order chi connectivity index (χ0) is 38.2. The van der Waals surface area contributed by atoms with Gasteiger partial charge in [0.25, 0.3) is 0 Å². The van der Waals surface area contributed by atoms with E-state index in [0.29, 0.717) is 16.7 Å². The van der Waals surface area contributed by atoms with Crippen molar-refractivity contribution in [2.24, 2.45) is 0 Å². The maximum atomic E-state index is 11.0. The van der Waals surface area contributed by atoms with Crippen LogP contribution in [0.1, 0.15) is 16.7 Å². The molecule has 0 unspecified atom stereocenters. The molecule has 262 valence electrons. The van der Waals surface area contributed by atoms with Crippen LogP contribution in [-0.2, 0) is 0 Å². The van der Waals surface area contributed by atoms with E-state index in [2.05, 4.69) is 147 Å². The number of nitrogens with zero attached hydrogens (tertiary/aromatic N) is 6. The van der Waals surface area contributed by atoms with E-state index >= 15 is 0 Å². The van der Waals surface area contributed by atoms with Crippen LogP contribution in [-0.4, -0.2) is 13.7 Å². The largest absolute Gasteiger partial charge is 0.309 e. The predicted octanol–water partition coefficient (Wildman–Crippen LogP) is 12.3. The summed E-state index contributed by atoms with van der Waals surface area (Å²) in [7, 11) is 0. The van der Waals surface area contributed by atoms with Gasteiger partial charge in [-0.05, 0) is 72.8 Å². The first-order valence-corrected chi connectivity index (χ1v) is 18.7. The third-order valence-electron chi connectivity index (χ3n) is 11.3. The van der Waals surface area contributed by atoms with Gasteiger partial charge in [0.15, 0.2) is 0 Å². The van der Waals surface area contributed by atoms with Crippen LogP contribution < -0.4 is 0 Å². The van der Waals surface area contributed by atoms with Gasteiger partial charge in [0.05, 0.1) is 79.0 Å². The van der Waals surface area contributed by atoms with Gasteiger partial charge in [-0.3, -0.25) is 0 Å². The molecule has 0 amide bonds. The van der Waals surface area contributed by atoms with Crippen molar-refractivity contribution < 1.29 is 0 Å². The lowest BCUT2D eigenvalue weighted by atomic mass is 9.98.